The highest BCUT2D eigenvalue weighted by Gasteiger charge is 2.22. The third kappa shape index (κ3) is 1.40. The van der Waals surface area contributed by atoms with Crippen molar-refractivity contribution in [3.63, 3.8) is 0 Å². The zero-order chi connectivity index (χ0) is 7.78. The van der Waals surface area contributed by atoms with E-state index in [-0.39, 0.29) is 0 Å². The average Bonchev–Trinajstić information content (AvgIpc) is 2.11. The third-order valence-corrected chi connectivity index (χ3v) is 2.27. The van der Waals surface area contributed by atoms with E-state index in [4.69, 9.17) is 0 Å². The van der Waals surface area contributed by atoms with Crippen molar-refractivity contribution >= 4 is 0 Å². The van der Waals surface area contributed by atoms with Crippen molar-refractivity contribution in [3.05, 3.63) is 11.3 Å². The maximum Gasteiger partial charge on any atom is 0.107 e. The molecule has 0 aromatic heterocycles. The van der Waals surface area contributed by atoms with Gasteiger partial charge in [0.05, 0.1) is 21.1 Å². The van der Waals surface area contributed by atoms with Crippen molar-refractivity contribution in [3.8, 4) is 0 Å². The van der Waals surface area contributed by atoms with Gasteiger partial charge in [-0.25, -0.2) is 0 Å². The maximum absolute atomic E-state index is 2.27. The van der Waals surface area contributed by atoms with Crippen LogP contribution in [0, 0.1) is 0 Å². The van der Waals surface area contributed by atoms with Crippen LogP contribution in [0.1, 0.15) is 26.2 Å². The van der Waals surface area contributed by atoms with Gasteiger partial charge in [-0.15, -0.1) is 0 Å². The van der Waals surface area contributed by atoms with E-state index in [0.29, 0.717) is 0 Å². The van der Waals surface area contributed by atoms with Gasteiger partial charge in [-0.05, 0) is 25.3 Å². The molecule has 0 saturated heterocycles. The van der Waals surface area contributed by atoms with Crippen molar-refractivity contribution in [1.82, 2.24) is 0 Å². The molecule has 0 aliphatic heterocycles. The minimum Gasteiger partial charge on any atom is -0.302 e. The first kappa shape index (κ1) is 7.80. The fourth-order valence-electron chi connectivity index (χ4n) is 1.79. The molecule has 58 valence electrons. The Kier molecular flexibility index (Phi) is 1.86. The van der Waals surface area contributed by atoms with E-state index in [1.807, 2.05) is 0 Å². The molecular weight excluding hydrogens is 122 g/mol. The Morgan fingerprint density at radius 1 is 1.10 bits per heavy atom. The Bertz CT molecular complexity index is 160. The van der Waals surface area contributed by atoms with Crippen LogP contribution in [0.3, 0.4) is 0 Å². The lowest BCUT2D eigenvalue weighted by atomic mass is 10.2. The van der Waals surface area contributed by atoms with Gasteiger partial charge in [0, 0.05) is 6.42 Å². The second-order valence-corrected chi connectivity index (χ2v) is 4.09. The Labute approximate surface area is 63.9 Å². The van der Waals surface area contributed by atoms with Crippen LogP contribution in [-0.4, -0.2) is 25.6 Å². The molecule has 1 heteroatoms. The molecule has 0 saturated carbocycles. The van der Waals surface area contributed by atoms with Gasteiger partial charge in [-0.3, -0.25) is 0 Å². The van der Waals surface area contributed by atoms with Crippen molar-refractivity contribution in [2.45, 2.75) is 26.2 Å². The highest BCUT2D eigenvalue weighted by Crippen LogP contribution is 2.29. The van der Waals surface area contributed by atoms with E-state index in [1.54, 1.807) is 11.3 Å². The Morgan fingerprint density at radius 2 is 1.70 bits per heavy atom. The van der Waals surface area contributed by atoms with Gasteiger partial charge in [0.15, 0.2) is 0 Å². The molecule has 1 aliphatic carbocycles. The Morgan fingerprint density at radius 3 is 1.90 bits per heavy atom. The van der Waals surface area contributed by atoms with Crippen LogP contribution >= 0.6 is 0 Å². The van der Waals surface area contributed by atoms with Crippen LogP contribution in [0.4, 0.5) is 0 Å². The van der Waals surface area contributed by atoms with Crippen molar-refractivity contribution in [2.75, 3.05) is 21.1 Å². The van der Waals surface area contributed by atoms with Gasteiger partial charge in [-0.1, -0.05) is 0 Å². The molecule has 0 heterocycles. The minimum atomic E-state index is 1.03. The standard InChI is InChI=1S/C9H18N/c1-8-6-5-7-9(8)10(2,3)4/h5-7H2,1-4H3/q+1. The SMILES string of the molecule is CC1=C([N+](C)(C)C)CCC1. The fourth-order valence-corrected chi connectivity index (χ4v) is 1.79. The average molecular weight is 140 g/mol. The summed E-state index contributed by atoms with van der Waals surface area (Å²) in [5.41, 5.74) is 3.26. The van der Waals surface area contributed by atoms with Crippen molar-refractivity contribution in [1.29, 1.82) is 0 Å². The number of quaternary nitrogens is 1. The maximum atomic E-state index is 2.27. The summed E-state index contributed by atoms with van der Waals surface area (Å²) in [5, 5.41) is 0. The highest BCUT2D eigenvalue weighted by molar-refractivity contribution is 5.10. The molecule has 1 rings (SSSR count). The Hall–Kier alpha value is -0.300. The molecule has 0 aromatic rings. The van der Waals surface area contributed by atoms with Gasteiger partial charge in [0.25, 0.3) is 0 Å². The monoisotopic (exact) mass is 140 g/mol. The number of hydrogen-bond acceptors (Lipinski definition) is 0. The predicted octanol–water partition coefficient (Wildman–Crippen LogP) is 2.15. The van der Waals surface area contributed by atoms with E-state index in [9.17, 15) is 0 Å². The van der Waals surface area contributed by atoms with Crippen LogP contribution in [0.15, 0.2) is 11.3 Å². The number of hydrogen-bond donors (Lipinski definition) is 0. The predicted molar refractivity (Wildman–Crippen MR) is 44.6 cm³/mol. The molecule has 0 amide bonds. The second kappa shape index (κ2) is 2.39. The topological polar surface area (TPSA) is 0 Å². The first-order valence-corrected chi connectivity index (χ1v) is 4.02. The first-order valence-electron chi connectivity index (χ1n) is 4.02. The lowest BCUT2D eigenvalue weighted by molar-refractivity contribution is -0.832. The van der Waals surface area contributed by atoms with Gasteiger partial charge in [-0.2, -0.15) is 0 Å². The normalized spacial score (nSPS) is 20.4. The van der Waals surface area contributed by atoms with E-state index in [0.717, 1.165) is 4.48 Å². The summed E-state index contributed by atoms with van der Waals surface area (Å²) in [6, 6.07) is 0. The van der Waals surface area contributed by atoms with E-state index in [2.05, 4.69) is 28.1 Å². The summed E-state index contributed by atoms with van der Waals surface area (Å²) < 4.78 is 1.03. The zero-order valence-corrected chi connectivity index (χ0v) is 7.57. The summed E-state index contributed by atoms with van der Waals surface area (Å²) in [6.07, 6.45) is 4.01. The van der Waals surface area contributed by atoms with E-state index in [1.165, 1.54) is 19.3 Å². The van der Waals surface area contributed by atoms with Crippen LogP contribution < -0.4 is 0 Å². The summed E-state index contributed by atoms with van der Waals surface area (Å²) >= 11 is 0. The molecule has 0 fully saturated rings. The van der Waals surface area contributed by atoms with Crippen molar-refractivity contribution in [2.24, 2.45) is 0 Å². The first-order chi connectivity index (χ1) is 4.52. The molecule has 0 radical (unpaired) electrons. The van der Waals surface area contributed by atoms with Crippen molar-refractivity contribution < 1.29 is 4.48 Å². The van der Waals surface area contributed by atoms with E-state index < -0.39 is 0 Å². The molecule has 1 nitrogen and oxygen atoms in total. The highest BCUT2D eigenvalue weighted by atomic mass is 15.3. The molecule has 0 unspecified atom stereocenters. The molecular formula is C9H18N+. The molecule has 0 N–H and O–H groups in total. The molecule has 0 bridgehead atoms. The molecule has 1 aliphatic rings. The molecule has 10 heavy (non-hydrogen) atoms. The molecule has 0 atom stereocenters. The van der Waals surface area contributed by atoms with Crippen LogP contribution in [0.25, 0.3) is 0 Å². The van der Waals surface area contributed by atoms with Gasteiger partial charge in [0.1, 0.15) is 5.70 Å². The van der Waals surface area contributed by atoms with Crippen LogP contribution in [0.5, 0.6) is 0 Å². The lowest BCUT2D eigenvalue weighted by Crippen LogP contribution is -2.33. The zero-order valence-electron chi connectivity index (χ0n) is 7.57. The summed E-state index contributed by atoms with van der Waals surface area (Å²) in [6.45, 7) is 2.27. The van der Waals surface area contributed by atoms with E-state index >= 15 is 0 Å². The van der Waals surface area contributed by atoms with Gasteiger partial charge >= 0.3 is 0 Å². The summed E-state index contributed by atoms with van der Waals surface area (Å²) in [7, 11) is 6.76. The Balaban J connectivity index is 2.81. The summed E-state index contributed by atoms with van der Waals surface area (Å²) in [4.78, 5) is 0. The third-order valence-electron chi connectivity index (χ3n) is 2.27. The largest absolute Gasteiger partial charge is 0.302 e. The molecule has 0 spiro atoms. The fraction of sp³-hybridized carbons (Fsp3) is 0.778. The second-order valence-electron chi connectivity index (χ2n) is 4.09. The lowest BCUT2D eigenvalue weighted by Gasteiger charge is -2.25. The minimum absolute atomic E-state index is 1.03. The van der Waals surface area contributed by atoms with Crippen LogP contribution in [0.2, 0.25) is 0 Å². The van der Waals surface area contributed by atoms with Gasteiger partial charge in [0.2, 0.25) is 0 Å². The number of rotatable bonds is 1. The van der Waals surface area contributed by atoms with Gasteiger partial charge < -0.3 is 4.48 Å². The number of allylic oxidation sites excluding steroid dienone is 2. The summed E-state index contributed by atoms with van der Waals surface area (Å²) in [5.74, 6) is 0. The quantitative estimate of drug-likeness (QED) is 0.490. The smallest absolute Gasteiger partial charge is 0.107 e. The van der Waals surface area contributed by atoms with Crippen LogP contribution in [-0.2, 0) is 0 Å². The molecule has 0 aromatic carbocycles. The number of nitrogens with zero attached hydrogens (tertiary/aromatic N) is 1.